The molecule has 0 unspecified atom stereocenters. The van der Waals surface area contributed by atoms with Crippen molar-refractivity contribution in [2.45, 2.75) is 13.1 Å². The maximum atomic E-state index is 12.2. The Bertz CT molecular complexity index is 375. The van der Waals surface area contributed by atoms with E-state index in [1.807, 2.05) is 0 Å². The Morgan fingerprint density at radius 3 is 2.43 bits per heavy atom. The van der Waals surface area contributed by atoms with E-state index in [1.165, 1.54) is 6.92 Å². The van der Waals surface area contributed by atoms with Crippen LogP contribution in [0.2, 0.25) is 0 Å². The van der Waals surface area contributed by atoms with Gasteiger partial charge in [0.15, 0.2) is 11.5 Å². The first-order chi connectivity index (χ1) is 6.32. The number of rotatable bonds is 1. The molecule has 0 amide bonds. The van der Waals surface area contributed by atoms with Crippen molar-refractivity contribution in [2.75, 3.05) is 0 Å². The first kappa shape index (κ1) is 11.2. The van der Waals surface area contributed by atoms with Crippen molar-refractivity contribution < 1.29 is 18.0 Å². The summed E-state index contributed by atoms with van der Waals surface area (Å²) in [6.45, 7) is 1.26. The summed E-state index contributed by atoms with van der Waals surface area (Å²) in [5, 5.41) is 0. The lowest BCUT2D eigenvalue weighted by atomic mass is 10.2. The molecule has 1 aromatic rings. The van der Waals surface area contributed by atoms with E-state index < -0.39 is 11.9 Å². The molecule has 0 bridgehead atoms. The Kier molecular flexibility index (Phi) is 2.94. The van der Waals surface area contributed by atoms with Gasteiger partial charge in [-0.3, -0.25) is 4.79 Å². The van der Waals surface area contributed by atoms with Gasteiger partial charge in [-0.25, -0.2) is 4.98 Å². The van der Waals surface area contributed by atoms with Crippen LogP contribution in [0.25, 0.3) is 0 Å². The van der Waals surface area contributed by atoms with Crippen LogP contribution in [0.5, 0.6) is 0 Å². The predicted molar refractivity (Wildman–Crippen MR) is 46.9 cm³/mol. The van der Waals surface area contributed by atoms with Crippen LogP contribution < -0.4 is 0 Å². The molecular formula is C8H5BrF3NO. The fourth-order valence-corrected chi connectivity index (χ4v) is 1.41. The van der Waals surface area contributed by atoms with Gasteiger partial charge in [0.2, 0.25) is 0 Å². The SMILES string of the molecule is CC(=O)c1cnc(C(F)(F)F)c(Br)c1. The maximum absolute atomic E-state index is 12.2. The van der Waals surface area contributed by atoms with Crippen molar-refractivity contribution in [1.29, 1.82) is 0 Å². The third kappa shape index (κ3) is 2.31. The molecule has 14 heavy (non-hydrogen) atoms. The molecule has 0 spiro atoms. The second kappa shape index (κ2) is 3.68. The number of ketones is 1. The molecular weight excluding hydrogens is 263 g/mol. The average molecular weight is 268 g/mol. The lowest BCUT2D eigenvalue weighted by molar-refractivity contribution is -0.141. The van der Waals surface area contributed by atoms with E-state index >= 15 is 0 Å². The van der Waals surface area contributed by atoms with Crippen LogP contribution in [0.3, 0.4) is 0 Å². The van der Waals surface area contributed by atoms with Gasteiger partial charge in [-0.05, 0) is 28.9 Å². The summed E-state index contributed by atoms with van der Waals surface area (Å²) >= 11 is 2.72. The largest absolute Gasteiger partial charge is 0.434 e. The minimum atomic E-state index is -4.51. The summed E-state index contributed by atoms with van der Waals surface area (Å²) in [7, 11) is 0. The molecule has 1 rings (SSSR count). The first-order valence-electron chi connectivity index (χ1n) is 3.56. The van der Waals surface area contributed by atoms with Crippen molar-refractivity contribution in [2.24, 2.45) is 0 Å². The van der Waals surface area contributed by atoms with Gasteiger partial charge in [0.1, 0.15) is 0 Å². The summed E-state index contributed by atoms with van der Waals surface area (Å²) in [5.74, 6) is -0.327. The smallest absolute Gasteiger partial charge is 0.294 e. The van der Waals surface area contributed by atoms with E-state index in [2.05, 4.69) is 20.9 Å². The standard InChI is InChI=1S/C8H5BrF3NO/c1-4(14)5-2-6(9)7(13-3-5)8(10,11)12/h2-3H,1H3. The zero-order valence-corrected chi connectivity index (χ0v) is 8.61. The molecule has 0 aliphatic rings. The van der Waals surface area contributed by atoms with E-state index in [4.69, 9.17) is 0 Å². The molecule has 0 aromatic carbocycles. The fourth-order valence-electron chi connectivity index (χ4n) is 0.839. The van der Waals surface area contributed by atoms with E-state index in [1.54, 1.807) is 0 Å². The maximum Gasteiger partial charge on any atom is 0.434 e. The Hall–Kier alpha value is -0.910. The number of hydrogen-bond acceptors (Lipinski definition) is 2. The highest BCUT2D eigenvalue weighted by Crippen LogP contribution is 2.33. The number of alkyl halides is 3. The van der Waals surface area contributed by atoms with Gasteiger partial charge in [-0.15, -0.1) is 0 Å². The summed E-state index contributed by atoms with van der Waals surface area (Å²) in [4.78, 5) is 14.0. The lowest BCUT2D eigenvalue weighted by Gasteiger charge is -2.07. The van der Waals surface area contributed by atoms with Crippen molar-refractivity contribution in [3.05, 3.63) is 28.0 Å². The molecule has 0 fully saturated rings. The molecule has 6 heteroatoms. The Balaban J connectivity index is 3.21. The first-order valence-corrected chi connectivity index (χ1v) is 4.35. The van der Waals surface area contributed by atoms with Crippen LogP contribution in [-0.2, 0) is 6.18 Å². The third-order valence-corrected chi connectivity index (χ3v) is 2.12. The van der Waals surface area contributed by atoms with Gasteiger partial charge in [0, 0.05) is 16.2 Å². The van der Waals surface area contributed by atoms with Crippen molar-refractivity contribution in [3.8, 4) is 0 Å². The number of carbonyl (C=O) groups is 1. The van der Waals surface area contributed by atoms with Gasteiger partial charge in [-0.2, -0.15) is 13.2 Å². The van der Waals surface area contributed by atoms with Crippen molar-refractivity contribution in [1.82, 2.24) is 4.98 Å². The highest BCUT2D eigenvalue weighted by atomic mass is 79.9. The van der Waals surface area contributed by atoms with Gasteiger partial charge < -0.3 is 0 Å². The number of nitrogens with zero attached hydrogens (tertiary/aromatic N) is 1. The van der Waals surface area contributed by atoms with E-state index in [9.17, 15) is 18.0 Å². The summed E-state index contributed by atoms with van der Waals surface area (Å²) in [6.07, 6.45) is -3.59. The molecule has 0 saturated heterocycles. The molecule has 76 valence electrons. The van der Waals surface area contributed by atoms with Crippen LogP contribution in [0.4, 0.5) is 13.2 Å². The lowest BCUT2D eigenvalue weighted by Crippen LogP contribution is -2.10. The van der Waals surface area contributed by atoms with Crippen molar-refractivity contribution >= 4 is 21.7 Å². The van der Waals surface area contributed by atoms with Crippen LogP contribution >= 0.6 is 15.9 Å². The minimum Gasteiger partial charge on any atom is -0.294 e. The van der Waals surface area contributed by atoms with Crippen LogP contribution in [0, 0.1) is 0 Å². The number of hydrogen-bond donors (Lipinski definition) is 0. The third-order valence-electron chi connectivity index (χ3n) is 1.52. The zero-order chi connectivity index (χ0) is 10.9. The van der Waals surface area contributed by atoms with Gasteiger partial charge in [0.05, 0.1) is 0 Å². The van der Waals surface area contributed by atoms with Crippen LogP contribution in [0.1, 0.15) is 23.0 Å². The molecule has 0 radical (unpaired) electrons. The van der Waals surface area contributed by atoms with Crippen LogP contribution in [-0.4, -0.2) is 10.8 Å². The molecule has 0 atom stereocenters. The second-order valence-electron chi connectivity index (χ2n) is 2.61. The van der Waals surface area contributed by atoms with E-state index in [-0.39, 0.29) is 15.8 Å². The normalized spacial score (nSPS) is 11.5. The van der Waals surface area contributed by atoms with E-state index in [0.29, 0.717) is 0 Å². The fraction of sp³-hybridized carbons (Fsp3) is 0.250. The number of pyridine rings is 1. The highest BCUT2D eigenvalue weighted by Gasteiger charge is 2.35. The molecule has 1 aromatic heterocycles. The summed E-state index contributed by atoms with van der Waals surface area (Å²) in [5.41, 5.74) is -0.882. The predicted octanol–water partition coefficient (Wildman–Crippen LogP) is 3.07. The van der Waals surface area contributed by atoms with Crippen molar-refractivity contribution in [3.63, 3.8) is 0 Å². The highest BCUT2D eigenvalue weighted by molar-refractivity contribution is 9.10. The topological polar surface area (TPSA) is 30.0 Å². The number of Topliss-reactive ketones (excluding diaryl/α,β-unsaturated/α-hetero) is 1. The Morgan fingerprint density at radius 1 is 1.50 bits per heavy atom. The second-order valence-corrected chi connectivity index (χ2v) is 3.46. The Morgan fingerprint density at radius 2 is 2.07 bits per heavy atom. The molecule has 0 saturated carbocycles. The number of carbonyl (C=O) groups excluding carboxylic acids is 1. The van der Waals surface area contributed by atoms with Gasteiger partial charge in [0.25, 0.3) is 0 Å². The van der Waals surface area contributed by atoms with E-state index in [0.717, 1.165) is 12.3 Å². The molecule has 1 heterocycles. The summed E-state index contributed by atoms with van der Waals surface area (Å²) in [6, 6.07) is 1.11. The number of aromatic nitrogens is 1. The van der Waals surface area contributed by atoms with Crippen LogP contribution in [0.15, 0.2) is 16.7 Å². The molecule has 0 aliphatic heterocycles. The number of halogens is 4. The van der Waals surface area contributed by atoms with Gasteiger partial charge >= 0.3 is 6.18 Å². The summed E-state index contributed by atoms with van der Waals surface area (Å²) < 4.78 is 36.4. The minimum absolute atomic E-state index is 0.143. The zero-order valence-electron chi connectivity index (χ0n) is 7.02. The quantitative estimate of drug-likeness (QED) is 0.732. The molecule has 0 N–H and O–H groups in total. The average Bonchev–Trinajstić information content (AvgIpc) is 2.01. The monoisotopic (exact) mass is 267 g/mol. The molecule has 0 aliphatic carbocycles. The van der Waals surface area contributed by atoms with Gasteiger partial charge in [-0.1, -0.05) is 0 Å². The Labute approximate surface area is 86.3 Å². The molecule has 2 nitrogen and oxygen atoms in total.